The van der Waals surface area contributed by atoms with E-state index >= 15 is 0 Å². The van der Waals surface area contributed by atoms with Crippen LogP contribution in [0.25, 0.3) is 0 Å². The SMILES string of the molecule is CCCCCCCCCCCCCCCCC(=O)O[C@H](COC(=O)CCCCCCCCC(C)C)COP(=O)(O)OC[C@H](O)COP(=O)(O)OC[C@@H](COC(=O)CCCCCCCCCCCCCCCCC(C)C)OC(=O)CCCCCCCCCCCCCCCCCCCCC(C)CC. The molecule has 0 rings (SSSR count). The molecule has 19 heteroatoms. The van der Waals surface area contributed by atoms with Crippen molar-refractivity contribution < 1.29 is 80.2 Å². The molecule has 0 aliphatic heterocycles. The summed E-state index contributed by atoms with van der Waals surface area (Å²) in [6.07, 6.45) is 62.6. The molecule has 0 aromatic carbocycles. The van der Waals surface area contributed by atoms with Gasteiger partial charge in [0.05, 0.1) is 26.4 Å². The van der Waals surface area contributed by atoms with Crippen LogP contribution in [0.15, 0.2) is 0 Å². The van der Waals surface area contributed by atoms with E-state index < -0.39 is 97.5 Å². The Morgan fingerprint density at radius 2 is 0.500 bits per heavy atom. The van der Waals surface area contributed by atoms with Gasteiger partial charge in [-0.1, -0.05) is 382 Å². The highest BCUT2D eigenvalue weighted by Crippen LogP contribution is 2.45. The molecule has 0 fully saturated rings. The largest absolute Gasteiger partial charge is 0.472 e. The fraction of sp³-hybridized carbons (Fsp3) is 0.952. The van der Waals surface area contributed by atoms with Gasteiger partial charge in [-0.15, -0.1) is 0 Å². The predicted molar refractivity (Wildman–Crippen MR) is 418 cm³/mol. The van der Waals surface area contributed by atoms with E-state index in [2.05, 4.69) is 48.5 Å². The number of hydrogen-bond donors (Lipinski definition) is 3. The maximum Gasteiger partial charge on any atom is 0.472 e. The summed E-state index contributed by atoms with van der Waals surface area (Å²) < 4.78 is 68.7. The third-order valence-electron chi connectivity index (χ3n) is 19.7. The molecule has 0 saturated heterocycles. The number of phosphoric ester groups is 2. The number of aliphatic hydroxyl groups excluding tert-OH is 1. The predicted octanol–water partition coefficient (Wildman–Crippen LogP) is 24.9. The van der Waals surface area contributed by atoms with E-state index in [9.17, 15) is 43.2 Å². The van der Waals surface area contributed by atoms with Gasteiger partial charge < -0.3 is 33.8 Å². The summed E-state index contributed by atoms with van der Waals surface area (Å²) in [5, 5.41) is 10.6. The first-order valence-corrected chi connectivity index (χ1v) is 45.9. The van der Waals surface area contributed by atoms with Crippen LogP contribution in [0.4, 0.5) is 0 Å². The van der Waals surface area contributed by atoms with Crippen molar-refractivity contribution in [2.24, 2.45) is 17.8 Å². The van der Waals surface area contributed by atoms with Gasteiger partial charge in [0.1, 0.15) is 19.3 Å². The lowest BCUT2D eigenvalue weighted by molar-refractivity contribution is -0.161. The Morgan fingerprint density at radius 1 is 0.284 bits per heavy atom. The molecule has 6 atom stereocenters. The molecule has 3 N–H and O–H groups in total. The molecule has 3 unspecified atom stereocenters. The van der Waals surface area contributed by atoms with E-state index in [1.54, 1.807) is 0 Å². The van der Waals surface area contributed by atoms with E-state index in [0.717, 1.165) is 108 Å². The molecule has 0 amide bonds. The van der Waals surface area contributed by atoms with Gasteiger partial charge >= 0.3 is 39.5 Å². The first-order valence-electron chi connectivity index (χ1n) is 42.9. The molecule has 0 aromatic heterocycles. The molecule has 0 radical (unpaired) electrons. The Hall–Kier alpha value is -1.94. The highest BCUT2D eigenvalue weighted by Gasteiger charge is 2.30. The van der Waals surface area contributed by atoms with E-state index in [4.69, 9.17) is 37.0 Å². The molecule has 17 nitrogen and oxygen atoms in total. The Bertz CT molecular complexity index is 1980. The molecule has 0 aromatic rings. The minimum absolute atomic E-state index is 0.107. The van der Waals surface area contributed by atoms with Crippen molar-refractivity contribution >= 4 is 39.5 Å². The molecule has 0 bridgehead atoms. The zero-order valence-corrected chi connectivity index (χ0v) is 68.9. The minimum atomic E-state index is -4.96. The summed E-state index contributed by atoms with van der Waals surface area (Å²) in [4.78, 5) is 73.0. The third-order valence-corrected chi connectivity index (χ3v) is 21.6. The third kappa shape index (κ3) is 74.9. The molecule has 0 aliphatic rings. The number of esters is 4. The molecule has 606 valence electrons. The average Bonchev–Trinajstić information content (AvgIpc) is 0.914. The first-order chi connectivity index (χ1) is 49.3. The highest BCUT2D eigenvalue weighted by molar-refractivity contribution is 7.47. The van der Waals surface area contributed by atoms with Crippen LogP contribution in [0.1, 0.15) is 434 Å². The van der Waals surface area contributed by atoms with Crippen LogP contribution in [0, 0.1) is 17.8 Å². The standard InChI is InChI=1S/C83H162O17P2/c1-8-10-11-12-13-14-15-16-27-33-38-43-52-59-66-83(88)100-79(71-94-81(86)65-58-51-46-45-48-55-62-75(5)6)73-98-102(91,92)96-69-77(84)68-95-101(89,90)97-72-78(70-93-80(85)64-57-50-42-37-32-28-24-23-25-30-35-40-47-54-61-74(3)4)99-82(87)67-60-53-44-39-34-29-22-20-18-17-19-21-26-31-36-41-49-56-63-76(7)9-2/h74-79,84H,8-73H2,1-7H3,(H,89,90)(H,91,92)/t76?,77-,78-,79-/m1/s1. The van der Waals surface area contributed by atoms with Crippen molar-refractivity contribution in [1.82, 2.24) is 0 Å². The molecular weight excluding hydrogens is 1330 g/mol. The summed E-state index contributed by atoms with van der Waals surface area (Å²) in [6.45, 7) is 12.0. The van der Waals surface area contributed by atoms with E-state index in [1.807, 2.05) is 0 Å². The number of carbonyl (C=O) groups excluding carboxylic acids is 4. The van der Waals surface area contributed by atoms with Crippen LogP contribution < -0.4 is 0 Å². The van der Waals surface area contributed by atoms with Gasteiger partial charge in [0.2, 0.25) is 0 Å². The van der Waals surface area contributed by atoms with Crippen molar-refractivity contribution in [1.29, 1.82) is 0 Å². The molecule has 102 heavy (non-hydrogen) atoms. The van der Waals surface area contributed by atoms with Crippen LogP contribution in [0.3, 0.4) is 0 Å². The quantitative estimate of drug-likeness (QED) is 0.0222. The zero-order chi connectivity index (χ0) is 75.1. The van der Waals surface area contributed by atoms with E-state index in [1.165, 1.54) is 238 Å². The second-order valence-electron chi connectivity index (χ2n) is 31.1. The van der Waals surface area contributed by atoms with Crippen molar-refractivity contribution in [2.45, 2.75) is 452 Å². The lowest BCUT2D eigenvalue weighted by Crippen LogP contribution is -2.30. The van der Waals surface area contributed by atoms with Gasteiger partial charge in [0.15, 0.2) is 12.2 Å². The van der Waals surface area contributed by atoms with Crippen LogP contribution in [-0.4, -0.2) is 96.7 Å². The van der Waals surface area contributed by atoms with Gasteiger partial charge in [-0.3, -0.25) is 37.3 Å². The molecule has 0 aliphatic carbocycles. The van der Waals surface area contributed by atoms with Gasteiger partial charge in [-0.2, -0.15) is 0 Å². The number of rotatable bonds is 81. The van der Waals surface area contributed by atoms with Crippen LogP contribution in [-0.2, 0) is 65.4 Å². The lowest BCUT2D eigenvalue weighted by Gasteiger charge is -2.21. The van der Waals surface area contributed by atoms with E-state index in [-0.39, 0.29) is 25.7 Å². The van der Waals surface area contributed by atoms with Gasteiger partial charge in [0.25, 0.3) is 0 Å². The summed E-state index contributed by atoms with van der Waals surface area (Å²) in [6, 6.07) is 0. The van der Waals surface area contributed by atoms with Crippen molar-refractivity contribution in [3.8, 4) is 0 Å². The van der Waals surface area contributed by atoms with Gasteiger partial charge in [-0.05, 0) is 43.4 Å². The number of ether oxygens (including phenoxy) is 4. The number of carbonyl (C=O) groups is 4. The second-order valence-corrected chi connectivity index (χ2v) is 34.0. The fourth-order valence-corrected chi connectivity index (χ4v) is 14.4. The summed E-state index contributed by atoms with van der Waals surface area (Å²) >= 11 is 0. The van der Waals surface area contributed by atoms with Crippen LogP contribution in [0.2, 0.25) is 0 Å². The summed E-state index contributed by atoms with van der Waals surface area (Å²) in [7, 11) is -9.92. The Kier molecular flexibility index (Phi) is 71.8. The topological polar surface area (TPSA) is 237 Å². The highest BCUT2D eigenvalue weighted by atomic mass is 31.2. The Balaban J connectivity index is 5.21. The van der Waals surface area contributed by atoms with E-state index in [0.29, 0.717) is 31.6 Å². The zero-order valence-electron chi connectivity index (χ0n) is 67.1. The van der Waals surface area contributed by atoms with Crippen molar-refractivity contribution in [3.63, 3.8) is 0 Å². The fourth-order valence-electron chi connectivity index (χ4n) is 12.8. The van der Waals surface area contributed by atoms with Crippen molar-refractivity contribution in [2.75, 3.05) is 39.6 Å². The number of unbranched alkanes of at least 4 members (excludes halogenated alkanes) is 48. The number of hydrogen-bond acceptors (Lipinski definition) is 15. The Morgan fingerprint density at radius 3 is 0.745 bits per heavy atom. The molecule has 0 heterocycles. The van der Waals surface area contributed by atoms with Crippen LogP contribution in [0.5, 0.6) is 0 Å². The molecule has 0 saturated carbocycles. The smallest absolute Gasteiger partial charge is 0.462 e. The van der Waals surface area contributed by atoms with Gasteiger partial charge in [0, 0.05) is 25.7 Å². The lowest BCUT2D eigenvalue weighted by atomic mass is 9.99. The van der Waals surface area contributed by atoms with Gasteiger partial charge in [-0.25, -0.2) is 9.13 Å². The number of phosphoric acid groups is 2. The van der Waals surface area contributed by atoms with Crippen LogP contribution >= 0.6 is 15.6 Å². The normalized spacial score (nSPS) is 14.2. The van der Waals surface area contributed by atoms with Crippen molar-refractivity contribution in [3.05, 3.63) is 0 Å². The first kappa shape index (κ1) is 100. The maximum absolute atomic E-state index is 13.1. The maximum atomic E-state index is 13.1. The summed E-state index contributed by atoms with van der Waals surface area (Å²) in [5.74, 6) is 0.240. The second kappa shape index (κ2) is 73.2. The Labute approximate surface area is 626 Å². The molecule has 0 spiro atoms. The molecular formula is C83H162O17P2. The number of aliphatic hydroxyl groups is 1. The minimum Gasteiger partial charge on any atom is -0.462 e. The summed E-state index contributed by atoms with van der Waals surface area (Å²) in [5.41, 5.74) is 0. The average molecular weight is 1490 g/mol. The monoisotopic (exact) mass is 1490 g/mol.